The van der Waals surface area contributed by atoms with Crippen LogP contribution in [-0.2, 0) is 6.54 Å². The van der Waals surface area contributed by atoms with Gasteiger partial charge in [0.05, 0.1) is 17.8 Å². The highest BCUT2D eigenvalue weighted by Gasteiger charge is 2.44. The van der Waals surface area contributed by atoms with Crippen LogP contribution < -0.4 is 16.1 Å². The van der Waals surface area contributed by atoms with E-state index in [0.717, 1.165) is 6.07 Å². The largest absolute Gasteiger partial charge is 0.503 e. The van der Waals surface area contributed by atoms with Gasteiger partial charge >= 0.3 is 0 Å². The van der Waals surface area contributed by atoms with Crippen molar-refractivity contribution in [3.63, 3.8) is 0 Å². The molecule has 4 rings (SSSR count). The van der Waals surface area contributed by atoms with Crippen LogP contribution in [-0.4, -0.2) is 46.0 Å². The Morgan fingerprint density at radius 2 is 1.97 bits per heavy atom. The van der Waals surface area contributed by atoms with Crippen molar-refractivity contribution in [3.05, 3.63) is 60.1 Å². The molecule has 0 spiro atoms. The second kappa shape index (κ2) is 9.01. The summed E-state index contributed by atoms with van der Waals surface area (Å²) in [7, 11) is 0. The molecule has 2 aliphatic rings. The molecule has 0 radical (unpaired) electrons. The molecular weight excluding hydrogens is 549 g/mol. The maximum atomic E-state index is 14.1. The third-order valence-electron chi connectivity index (χ3n) is 6.13. The van der Waals surface area contributed by atoms with Gasteiger partial charge in [-0.2, -0.15) is 0 Å². The zero-order valence-corrected chi connectivity index (χ0v) is 20.2. The first-order chi connectivity index (χ1) is 15.7. The van der Waals surface area contributed by atoms with Crippen molar-refractivity contribution < 1.29 is 23.5 Å². The van der Waals surface area contributed by atoms with Crippen molar-refractivity contribution in [1.82, 2.24) is 20.1 Å². The van der Waals surface area contributed by atoms with Crippen LogP contribution in [0, 0.1) is 15.2 Å². The minimum atomic E-state index is -0.947. The molecule has 0 fully saturated rings. The predicted molar refractivity (Wildman–Crippen MR) is 124 cm³/mol. The van der Waals surface area contributed by atoms with E-state index in [-0.39, 0.29) is 39.0 Å². The third kappa shape index (κ3) is 3.90. The van der Waals surface area contributed by atoms with Crippen LogP contribution in [0.2, 0.25) is 0 Å². The molecule has 0 saturated heterocycles. The number of hydrogen-bond acceptors (Lipinski definition) is 5. The van der Waals surface area contributed by atoms with E-state index in [4.69, 9.17) is 0 Å². The number of aromatic hydroxyl groups is 1. The SMILES string of the molecule is CCN[C@H]1C[C@@H]2CN(CC)C(=O)c3c(O)c(=O)c(C(=O)NCc4cc(I)c(F)cc4F)c1n32. The minimum Gasteiger partial charge on any atom is -0.503 e. The Morgan fingerprint density at radius 3 is 2.64 bits per heavy atom. The molecule has 0 aliphatic carbocycles. The monoisotopic (exact) mass is 572 g/mol. The smallest absolute Gasteiger partial charge is 0.274 e. The quantitative estimate of drug-likeness (QED) is 0.365. The van der Waals surface area contributed by atoms with Crippen LogP contribution in [0.3, 0.4) is 0 Å². The fourth-order valence-corrected chi connectivity index (χ4v) is 5.17. The molecule has 33 heavy (non-hydrogen) atoms. The zero-order valence-electron chi connectivity index (χ0n) is 18.0. The number of hydrogen-bond donors (Lipinski definition) is 3. The third-order valence-corrected chi connectivity index (χ3v) is 6.96. The number of aromatic nitrogens is 1. The number of benzene rings is 1. The summed E-state index contributed by atoms with van der Waals surface area (Å²) in [5, 5.41) is 16.4. The molecule has 0 saturated carbocycles. The molecule has 0 bridgehead atoms. The molecular formula is C22H23F2IN4O4. The van der Waals surface area contributed by atoms with Gasteiger partial charge in [0.25, 0.3) is 11.8 Å². The number of halogens is 3. The van der Waals surface area contributed by atoms with Gasteiger partial charge < -0.3 is 25.2 Å². The lowest BCUT2D eigenvalue weighted by molar-refractivity contribution is 0.0675. The second-order valence-corrected chi connectivity index (χ2v) is 9.20. The molecule has 11 heteroatoms. The molecule has 2 amide bonds. The van der Waals surface area contributed by atoms with Crippen molar-refractivity contribution in [3.8, 4) is 5.75 Å². The van der Waals surface area contributed by atoms with E-state index in [9.17, 15) is 28.3 Å². The summed E-state index contributed by atoms with van der Waals surface area (Å²) in [6.45, 7) is 4.82. The van der Waals surface area contributed by atoms with Gasteiger partial charge in [0.15, 0.2) is 11.4 Å². The van der Waals surface area contributed by atoms with Crippen LogP contribution >= 0.6 is 22.6 Å². The van der Waals surface area contributed by atoms with Gasteiger partial charge in [-0.3, -0.25) is 14.4 Å². The lowest BCUT2D eigenvalue weighted by Crippen LogP contribution is -2.44. The van der Waals surface area contributed by atoms with Gasteiger partial charge in [-0.1, -0.05) is 6.92 Å². The first-order valence-corrected chi connectivity index (χ1v) is 11.7. The van der Waals surface area contributed by atoms with Crippen molar-refractivity contribution in [1.29, 1.82) is 0 Å². The van der Waals surface area contributed by atoms with E-state index < -0.39 is 34.6 Å². The summed E-state index contributed by atoms with van der Waals surface area (Å²) >= 11 is 1.72. The molecule has 176 valence electrons. The molecule has 2 aromatic rings. The summed E-state index contributed by atoms with van der Waals surface area (Å²) in [4.78, 5) is 40.7. The van der Waals surface area contributed by atoms with Gasteiger partial charge in [-0.25, -0.2) is 8.78 Å². The van der Waals surface area contributed by atoms with E-state index >= 15 is 0 Å². The summed E-state index contributed by atoms with van der Waals surface area (Å²) in [6.07, 6.45) is 0.540. The maximum absolute atomic E-state index is 14.1. The van der Waals surface area contributed by atoms with Gasteiger partial charge in [0.2, 0.25) is 5.43 Å². The number of rotatable bonds is 6. The highest BCUT2D eigenvalue weighted by molar-refractivity contribution is 14.1. The lowest BCUT2D eigenvalue weighted by atomic mass is 10.0. The van der Waals surface area contributed by atoms with E-state index in [1.54, 1.807) is 32.1 Å². The molecule has 2 atom stereocenters. The number of nitrogens with zero attached hydrogens (tertiary/aromatic N) is 2. The van der Waals surface area contributed by atoms with E-state index in [1.165, 1.54) is 6.07 Å². The number of amides is 2. The van der Waals surface area contributed by atoms with Gasteiger partial charge in [-0.05, 0) is 48.5 Å². The highest BCUT2D eigenvalue weighted by Crippen LogP contribution is 2.42. The number of likely N-dealkylation sites (N-methyl/N-ethyl adjacent to an activating group) is 1. The first kappa shape index (κ1) is 23.6. The summed E-state index contributed by atoms with van der Waals surface area (Å²) < 4.78 is 29.5. The summed E-state index contributed by atoms with van der Waals surface area (Å²) in [5.41, 5.74) is -0.931. The fraction of sp³-hybridized carbons (Fsp3) is 0.409. The molecule has 3 N–H and O–H groups in total. The van der Waals surface area contributed by atoms with E-state index in [2.05, 4.69) is 10.6 Å². The molecule has 8 nitrogen and oxygen atoms in total. The molecule has 2 aliphatic heterocycles. The Labute approximate surface area is 202 Å². The van der Waals surface area contributed by atoms with Crippen molar-refractivity contribution in [2.45, 2.75) is 38.9 Å². The molecule has 1 aromatic heterocycles. The van der Waals surface area contributed by atoms with Crippen LogP contribution in [0.4, 0.5) is 8.78 Å². The van der Waals surface area contributed by atoms with Crippen molar-refractivity contribution in [2.24, 2.45) is 0 Å². The summed E-state index contributed by atoms with van der Waals surface area (Å²) in [5.74, 6) is -3.56. The molecule has 0 unspecified atom stereocenters. The predicted octanol–water partition coefficient (Wildman–Crippen LogP) is 2.44. The number of carbonyl (C=O) groups is 2. The van der Waals surface area contributed by atoms with Crippen LogP contribution in [0.25, 0.3) is 0 Å². The Bertz CT molecular complexity index is 1220. The second-order valence-electron chi connectivity index (χ2n) is 8.04. The van der Waals surface area contributed by atoms with Crippen LogP contribution in [0.5, 0.6) is 5.75 Å². The average Bonchev–Trinajstić information content (AvgIpc) is 3.12. The van der Waals surface area contributed by atoms with Crippen LogP contribution in [0.1, 0.15) is 64.5 Å². The average molecular weight is 572 g/mol. The lowest BCUT2D eigenvalue weighted by Gasteiger charge is -2.33. The molecule has 1 aromatic carbocycles. The Balaban J connectivity index is 1.78. The normalized spacial score (nSPS) is 19.1. The van der Waals surface area contributed by atoms with Crippen molar-refractivity contribution in [2.75, 3.05) is 19.6 Å². The first-order valence-electron chi connectivity index (χ1n) is 10.6. The van der Waals surface area contributed by atoms with Crippen molar-refractivity contribution >= 4 is 34.4 Å². The zero-order chi connectivity index (χ0) is 24.0. The van der Waals surface area contributed by atoms with E-state index in [0.29, 0.717) is 31.7 Å². The molecule has 3 heterocycles. The van der Waals surface area contributed by atoms with E-state index in [1.807, 2.05) is 13.8 Å². The Kier molecular flexibility index (Phi) is 6.45. The Morgan fingerprint density at radius 1 is 1.24 bits per heavy atom. The van der Waals surface area contributed by atoms with Gasteiger partial charge in [-0.15, -0.1) is 0 Å². The number of pyridine rings is 1. The highest BCUT2D eigenvalue weighted by atomic mass is 127. The Hall–Kier alpha value is -2.54. The summed E-state index contributed by atoms with van der Waals surface area (Å²) in [6, 6.07) is 1.43. The topological polar surface area (TPSA) is 104 Å². The standard InChI is InChI=1S/C22H23F2IN4O4/c1-3-26-15-6-11-9-28(4-2)22(33)18-20(31)19(30)16(17(15)29(11)18)21(32)27-8-10-5-14(25)13(24)7-12(10)23/h5,7,11,15,26,31H,3-4,6,8-9H2,1-2H3,(H,27,32)/t11-,15+/m1/s1. The van der Waals surface area contributed by atoms with Gasteiger partial charge in [0, 0.05) is 34.8 Å². The fourth-order valence-electron chi connectivity index (χ4n) is 4.64. The van der Waals surface area contributed by atoms with Gasteiger partial charge in [0.1, 0.15) is 17.2 Å². The number of nitrogens with one attached hydrogen (secondary N) is 2. The van der Waals surface area contributed by atoms with Crippen LogP contribution in [0.15, 0.2) is 16.9 Å². The number of carbonyl (C=O) groups excluding carboxylic acids is 2. The minimum absolute atomic E-state index is 0.0581. The maximum Gasteiger partial charge on any atom is 0.274 e.